The average Bonchev–Trinajstić information content (AvgIpc) is 2.51. The monoisotopic (exact) mass is 322 g/mol. The molecule has 2 rings (SSSR count). The van der Waals surface area contributed by atoms with Gasteiger partial charge in [0, 0.05) is 6.54 Å². The van der Waals surface area contributed by atoms with E-state index in [1.807, 2.05) is 31.2 Å². The maximum atomic E-state index is 12.4. The van der Waals surface area contributed by atoms with Crippen LogP contribution in [-0.4, -0.2) is 26.9 Å². The Balaban J connectivity index is 2.11. The Labute approximate surface area is 131 Å². The molecule has 5 nitrogen and oxygen atoms in total. The molecule has 0 fully saturated rings. The molecule has 0 aliphatic heterocycles. The van der Waals surface area contributed by atoms with Crippen LogP contribution in [0.3, 0.4) is 0 Å². The lowest BCUT2D eigenvalue weighted by Gasteiger charge is -2.19. The van der Waals surface area contributed by atoms with Crippen molar-refractivity contribution in [2.45, 2.75) is 39.2 Å². The molecule has 1 aromatic rings. The summed E-state index contributed by atoms with van der Waals surface area (Å²) in [5, 5.41) is 2.69. The number of aryl methyl sites for hydroxylation is 1. The normalized spacial score (nSPS) is 15.6. The predicted octanol–water partition coefficient (Wildman–Crippen LogP) is 1.81. The van der Waals surface area contributed by atoms with Crippen LogP contribution in [0.4, 0.5) is 0 Å². The van der Waals surface area contributed by atoms with Gasteiger partial charge in [0.1, 0.15) is 0 Å². The summed E-state index contributed by atoms with van der Waals surface area (Å²) in [6, 6.07) is 6.96. The van der Waals surface area contributed by atoms with E-state index in [-0.39, 0.29) is 5.91 Å². The molecule has 1 atom stereocenters. The second-order valence-corrected chi connectivity index (χ2v) is 7.21. The van der Waals surface area contributed by atoms with E-state index in [0.29, 0.717) is 24.3 Å². The van der Waals surface area contributed by atoms with E-state index in [1.54, 1.807) is 13.0 Å². The number of benzene rings is 1. The zero-order valence-electron chi connectivity index (χ0n) is 12.9. The summed E-state index contributed by atoms with van der Waals surface area (Å²) < 4.78 is 27.3. The largest absolute Gasteiger partial charge is 0.355 e. The molecule has 0 heterocycles. The molecule has 2 N–H and O–H groups in total. The average molecular weight is 322 g/mol. The van der Waals surface area contributed by atoms with Crippen molar-refractivity contribution in [1.82, 2.24) is 10.0 Å². The van der Waals surface area contributed by atoms with Crippen LogP contribution >= 0.6 is 0 Å². The quantitative estimate of drug-likeness (QED) is 0.839. The van der Waals surface area contributed by atoms with Crippen molar-refractivity contribution in [1.29, 1.82) is 0 Å². The van der Waals surface area contributed by atoms with Crippen LogP contribution in [0.25, 0.3) is 6.08 Å². The first kappa shape index (κ1) is 16.7. The molecule has 0 radical (unpaired) electrons. The van der Waals surface area contributed by atoms with Crippen LogP contribution in [0.15, 0.2) is 29.2 Å². The maximum absolute atomic E-state index is 12.4. The van der Waals surface area contributed by atoms with Gasteiger partial charge < -0.3 is 5.32 Å². The highest BCUT2D eigenvalue weighted by Crippen LogP contribution is 2.26. The van der Waals surface area contributed by atoms with Gasteiger partial charge in [-0.1, -0.05) is 31.2 Å². The van der Waals surface area contributed by atoms with Gasteiger partial charge in [-0.25, -0.2) is 8.42 Å². The third kappa shape index (κ3) is 3.96. The lowest BCUT2D eigenvalue weighted by atomic mass is 9.98. The Bertz CT molecular complexity index is 680. The van der Waals surface area contributed by atoms with Crippen LogP contribution in [-0.2, 0) is 21.2 Å². The van der Waals surface area contributed by atoms with Crippen LogP contribution in [0.2, 0.25) is 0 Å². The SMILES string of the molecule is CCCNC(=O)[C@@H](C)NS(=O)(=O)C1=Cc2ccccc2CC1. The van der Waals surface area contributed by atoms with E-state index in [4.69, 9.17) is 0 Å². The fourth-order valence-electron chi connectivity index (χ4n) is 2.38. The number of fused-ring (bicyclic) bond motifs is 1. The fraction of sp³-hybridized carbons (Fsp3) is 0.438. The van der Waals surface area contributed by atoms with Gasteiger partial charge in [-0.3, -0.25) is 4.79 Å². The lowest BCUT2D eigenvalue weighted by Crippen LogP contribution is -2.45. The summed E-state index contributed by atoms with van der Waals surface area (Å²) in [6.07, 6.45) is 3.65. The third-order valence-corrected chi connectivity index (χ3v) is 5.31. The van der Waals surface area contributed by atoms with Gasteiger partial charge in [0.15, 0.2) is 0 Å². The number of hydrogen-bond donors (Lipinski definition) is 2. The number of amides is 1. The Morgan fingerprint density at radius 1 is 1.27 bits per heavy atom. The number of allylic oxidation sites excluding steroid dienone is 1. The first-order chi connectivity index (χ1) is 10.4. The molecule has 0 saturated carbocycles. The summed E-state index contributed by atoms with van der Waals surface area (Å²) in [4.78, 5) is 12.1. The first-order valence-corrected chi connectivity index (χ1v) is 9.01. The molecule has 0 saturated heterocycles. The summed E-state index contributed by atoms with van der Waals surface area (Å²) in [6.45, 7) is 4.04. The van der Waals surface area contributed by atoms with Crippen LogP contribution in [0.1, 0.15) is 37.8 Å². The van der Waals surface area contributed by atoms with Crippen molar-refractivity contribution in [3.8, 4) is 0 Å². The minimum Gasteiger partial charge on any atom is -0.355 e. The zero-order chi connectivity index (χ0) is 16.2. The number of carbonyl (C=O) groups excluding carboxylic acids is 1. The van der Waals surface area contributed by atoms with E-state index in [2.05, 4.69) is 10.0 Å². The molecule has 1 aliphatic rings. The molecule has 0 spiro atoms. The molecule has 6 heteroatoms. The second-order valence-electron chi connectivity index (χ2n) is 5.44. The van der Waals surface area contributed by atoms with Gasteiger partial charge in [-0.05, 0) is 43.4 Å². The minimum atomic E-state index is -3.65. The van der Waals surface area contributed by atoms with Crippen molar-refractivity contribution in [3.05, 3.63) is 40.3 Å². The highest BCUT2D eigenvalue weighted by molar-refractivity contribution is 7.93. The lowest BCUT2D eigenvalue weighted by molar-refractivity contribution is -0.122. The maximum Gasteiger partial charge on any atom is 0.237 e. The van der Waals surface area contributed by atoms with Crippen LogP contribution in [0.5, 0.6) is 0 Å². The number of sulfonamides is 1. The number of nitrogens with one attached hydrogen (secondary N) is 2. The molecule has 22 heavy (non-hydrogen) atoms. The Morgan fingerprint density at radius 2 is 2.00 bits per heavy atom. The third-order valence-electron chi connectivity index (χ3n) is 3.63. The van der Waals surface area contributed by atoms with Gasteiger partial charge >= 0.3 is 0 Å². The minimum absolute atomic E-state index is 0.303. The summed E-state index contributed by atoms with van der Waals surface area (Å²) in [7, 11) is -3.65. The molecule has 0 aromatic heterocycles. The van der Waals surface area contributed by atoms with E-state index in [1.165, 1.54) is 0 Å². The van der Waals surface area contributed by atoms with Crippen molar-refractivity contribution in [3.63, 3.8) is 0 Å². The zero-order valence-corrected chi connectivity index (χ0v) is 13.7. The molecule has 1 aromatic carbocycles. The molecular formula is C16H22N2O3S. The molecule has 1 amide bonds. The summed E-state index contributed by atoms with van der Waals surface area (Å²) in [5.41, 5.74) is 2.08. The summed E-state index contributed by atoms with van der Waals surface area (Å²) in [5.74, 6) is -0.303. The van der Waals surface area contributed by atoms with Gasteiger partial charge in [-0.15, -0.1) is 0 Å². The predicted molar refractivity (Wildman–Crippen MR) is 87.6 cm³/mol. The topological polar surface area (TPSA) is 75.3 Å². The number of rotatable bonds is 6. The Morgan fingerprint density at radius 3 is 2.73 bits per heavy atom. The molecule has 1 aliphatic carbocycles. The van der Waals surface area contributed by atoms with Crippen LogP contribution < -0.4 is 10.0 Å². The molecular weight excluding hydrogens is 300 g/mol. The molecule has 120 valence electrons. The van der Waals surface area contributed by atoms with E-state index >= 15 is 0 Å². The number of carbonyl (C=O) groups is 1. The highest BCUT2D eigenvalue weighted by atomic mass is 32.2. The Hall–Kier alpha value is -1.66. The smallest absolute Gasteiger partial charge is 0.237 e. The Kier molecular flexibility index (Phi) is 5.37. The van der Waals surface area contributed by atoms with Crippen molar-refractivity contribution < 1.29 is 13.2 Å². The summed E-state index contributed by atoms with van der Waals surface area (Å²) >= 11 is 0. The van der Waals surface area contributed by atoms with Gasteiger partial charge in [0.25, 0.3) is 0 Å². The number of hydrogen-bond acceptors (Lipinski definition) is 3. The van der Waals surface area contributed by atoms with Crippen molar-refractivity contribution in [2.24, 2.45) is 0 Å². The fourth-order valence-corrected chi connectivity index (χ4v) is 3.76. The first-order valence-electron chi connectivity index (χ1n) is 7.52. The standard InChI is InChI=1S/C16H22N2O3S/c1-3-10-17-16(19)12(2)18-22(20,21)15-9-8-13-6-4-5-7-14(13)11-15/h4-7,11-12,18H,3,8-10H2,1-2H3,(H,17,19)/t12-/m1/s1. The van der Waals surface area contributed by atoms with Gasteiger partial charge in [-0.2, -0.15) is 4.72 Å². The van der Waals surface area contributed by atoms with Gasteiger partial charge in [0.2, 0.25) is 15.9 Å². The van der Waals surface area contributed by atoms with E-state index in [9.17, 15) is 13.2 Å². The van der Waals surface area contributed by atoms with E-state index in [0.717, 1.165) is 17.5 Å². The van der Waals surface area contributed by atoms with Crippen molar-refractivity contribution in [2.75, 3.05) is 6.54 Å². The van der Waals surface area contributed by atoms with Crippen molar-refractivity contribution >= 4 is 22.0 Å². The van der Waals surface area contributed by atoms with E-state index < -0.39 is 16.1 Å². The molecule has 0 unspecified atom stereocenters. The van der Waals surface area contributed by atoms with Gasteiger partial charge in [0.05, 0.1) is 10.9 Å². The molecule has 0 bridgehead atoms. The second kappa shape index (κ2) is 7.07. The highest BCUT2D eigenvalue weighted by Gasteiger charge is 2.25. The van der Waals surface area contributed by atoms with Crippen LogP contribution in [0, 0.1) is 0 Å².